The Morgan fingerprint density at radius 2 is 0.238 bits per heavy atom. The second kappa shape index (κ2) is 144. The minimum Gasteiger partial charge on any atom is -0.206 e. The molecule has 0 aromatic carbocycles. The van der Waals surface area contributed by atoms with Gasteiger partial charge in [-0.2, -0.15) is 0 Å². The van der Waals surface area contributed by atoms with Crippen LogP contribution >= 0.6 is 0 Å². The summed E-state index contributed by atoms with van der Waals surface area (Å²) in [4.78, 5) is 77.3. The molecule has 5 atom stereocenters. The second-order valence-electron chi connectivity index (χ2n) is 32.5. The van der Waals surface area contributed by atoms with Crippen LogP contribution in [0.4, 0.5) is 0 Å². The summed E-state index contributed by atoms with van der Waals surface area (Å²) in [6, 6.07) is 0. The fourth-order valence-corrected chi connectivity index (χ4v) is 12.4. The monoisotopic (exact) mass is 1830 g/mol. The molecule has 0 bridgehead atoms. The minimum absolute atomic E-state index is 0.178. The van der Waals surface area contributed by atoms with Crippen LogP contribution in [0.3, 0.4) is 0 Å². The van der Waals surface area contributed by atoms with E-state index in [1.54, 1.807) is 0 Å². The van der Waals surface area contributed by atoms with Crippen LogP contribution < -0.4 is 0 Å². The van der Waals surface area contributed by atoms with E-state index in [2.05, 4.69) is 160 Å². The van der Waals surface area contributed by atoms with Gasteiger partial charge in [0.2, 0.25) is 0 Å². The third kappa shape index (κ3) is 149. The van der Waals surface area contributed by atoms with Gasteiger partial charge >= 0.3 is 0 Å². The average Bonchev–Trinajstić information content (AvgIpc) is 1.05. The molecule has 0 heterocycles. The first kappa shape index (κ1) is 140. The van der Waals surface area contributed by atoms with E-state index >= 15 is 0 Å². The molecular weight excluding hydrogens is 1610 g/mol. The third-order valence-electron chi connectivity index (χ3n) is 20.5. The van der Waals surface area contributed by atoms with Gasteiger partial charge in [0.05, 0.1) is 103 Å². The summed E-state index contributed by atoms with van der Waals surface area (Å²) in [5.74, 6) is 0. The van der Waals surface area contributed by atoms with Gasteiger partial charge in [-0.05, 0) is 139 Å². The Balaban J connectivity index is -0.000000211. The van der Waals surface area contributed by atoms with Gasteiger partial charge in [-0.15, -0.1) is 0 Å². The van der Waals surface area contributed by atoms with Gasteiger partial charge in [0.1, 0.15) is 0 Å². The summed E-state index contributed by atoms with van der Waals surface area (Å²) in [5.41, 5.74) is 0. The Morgan fingerprint density at radius 1 is 0.119 bits per heavy atom. The molecule has 0 N–H and O–H groups in total. The van der Waals surface area contributed by atoms with Crippen molar-refractivity contribution in [2.24, 2.45) is 0 Å². The van der Waals surface area contributed by atoms with Crippen LogP contribution in [-0.4, -0.2) is 103 Å². The van der Waals surface area contributed by atoms with Crippen molar-refractivity contribution in [3.63, 3.8) is 0 Å². The van der Waals surface area contributed by atoms with E-state index in [1.165, 1.54) is 334 Å². The third-order valence-corrected chi connectivity index (χ3v) is 20.5. The fraction of sp³-hybridized carbons (Fsp3) is 1.00. The van der Waals surface area contributed by atoms with E-state index in [1.807, 2.05) is 55.4 Å². The van der Waals surface area contributed by atoms with Crippen molar-refractivity contribution in [2.45, 2.75) is 593 Å². The van der Waals surface area contributed by atoms with Crippen molar-refractivity contribution in [3.05, 3.63) is 0 Å². The van der Waals surface area contributed by atoms with Crippen LogP contribution in [0.5, 0.6) is 0 Å². The van der Waals surface area contributed by atoms with Crippen LogP contribution in [-0.2, 0) is 119 Å². The van der Waals surface area contributed by atoms with E-state index in [4.69, 9.17) is 48.9 Å². The van der Waals surface area contributed by atoms with Crippen LogP contribution in [0.1, 0.15) is 563 Å². The number of unbranched alkanes of at least 4 members (excludes halogenated alkanes) is 47. The van der Waals surface area contributed by atoms with Gasteiger partial charge in [-0.25, -0.2) is 78.2 Å². The highest BCUT2D eigenvalue weighted by atomic mass is 17.5. The standard InChI is InChI=1S/C15H32O3.2C14H30O3.2C13H28O3.C12H26O3.C11H24O3.C10H22O3/c1-3-5-6-7-8-9-10-11-12-13-14-15-17-18-16-4-2;1-4-7-8-9-10-11-12-13-14(5-2)16-17-15-6-3;1-3-5-6-7-8-9-10-11-12-13-14-16-17-15-4-2;1-4-7-8-9-10-11-12-13(5-2)15-16-14-6-3;1-3-5-6-7-8-9-10-11-12-13-15-16-14-4-2;1-4-7-8-9-10-11-12(5-2)14-15-13-6-3;1-4-7-8-9-10-11(5-2)13-14-12-6-3;1-4-7-8-9-10(5-2)12-13-11-6-3/h3-15H2,1-2H3;14H,4-13H2,1-3H3;3-14H2,1-2H3;13H,4-12H2,1-3H3;3-13H2,1-2H3;12H,4-11H2,1-3H3;11H,4-10H2,1-3H3;10H,4-9H2,1-3H3. The van der Waals surface area contributed by atoms with E-state index in [9.17, 15) is 0 Å². The number of hydrogen-bond donors (Lipinski definition) is 0. The van der Waals surface area contributed by atoms with Crippen molar-refractivity contribution in [1.82, 2.24) is 0 Å². The lowest BCUT2D eigenvalue weighted by molar-refractivity contribution is -0.525. The molecule has 24 nitrogen and oxygen atoms in total. The predicted molar refractivity (Wildman–Crippen MR) is 518 cm³/mol. The zero-order valence-corrected chi connectivity index (χ0v) is 87.4. The molecule has 0 spiro atoms. The lowest BCUT2D eigenvalue weighted by Gasteiger charge is -2.13. The highest BCUT2D eigenvalue weighted by molar-refractivity contribution is 4.59. The Bertz CT molecular complexity index is 1610. The van der Waals surface area contributed by atoms with E-state index in [0.717, 1.165) is 83.5 Å². The zero-order chi connectivity index (χ0) is 94.6. The van der Waals surface area contributed by atoms with Gasteiger partial charge in [-0.3, -0.25) is 0 Å². The topological polar surface area (TPSA) is 222 Å². The summed E-state index contributed by atoms with van der Waals surface area (Å²) in [7, 11) is 0. The number of hydrogen-bond acceptors (Lipinski definition) is 24. The molecule has 126 heavy (non-hydrogen) atoms. The molecule has 5 unspecified atom stereocenters. The SMILES string of the molecule is CCCCCC(CC)OOOCC.CCCCCCC(CC)OOOCC.CCCCCCCC(CC)OOOCC.CCCCCCCCC(CC)OOOCC.CCCCCCCCCC(CC)OOOCC.CCCCCCCCCCCCCOOOCC.CCCCCCCCCCCCOOOCC.CCCCCCCCCCCOOOCC. The van der Waals surface area contributed by atoms with E-state index in [0.29, 0.717) is 72.7 Å². The summed E-state index contributed by atoms with van der Waals surface area (Å²) in [6.45, 7) is 49.5. The molecule has 0 amide bonds. The molecular formula is C102H220O24. The summed E-state index contributed by atoms with van der Waals surface area (Å²) in [6.07, 6.45) is 83.5. The highest BCUT2D eigenvalue weighted by Crippen LogP contribution is 2.20. The average molecular weight is 1830 g/mol. The minimum atomic E-state index is 0.178. The van der Waals surface area contributed by atoms with E-state index in [-0.39, 0.29) is 30.5 Å². The molecule has 0 aliphatic heterocycles. The second-order valence-corrected chi connectivity index (χ2v) is 32.5. The smallest absolute Gasteiger partial charge is 0.0958 e. The first-order chi connectivity index (χ1) is 62.0. The molecule has 772 valence electrons. The van der Waals surface area contributed by atoms with Gasteiger partial charge in [0.15, 0.2) is 0 Å². The van der Waals surface area contributed by atoms with Crippen LogP contribution in [0.15, 0.2) is 0 Å². The van der Waals surface area contributed by atoms with Gasteiger partial charge in [-0.1, -0.05) is 464 Å². The summed E-state index contributed by atoms with van der Waals surface area (Å²) >= 11 is 0. The highest BCUT2D eigenvalue weighted by Gasteiger charge is 2.13. The molecule has 0 aliphatic carbocycles. The van der Waals surface area contributed by atoms with Crippen molar-refractivity contribution in [3.8, 4) is 0 Å². The fourth-order valence-electron chi connectivity index (χ4n) is 12.4. The van der Waals surface area contributed by atoms with E-state index < -0.39 is 0 Å². The van der Waals surface area contributed by atoms with Crippen LogP contribution in [0.2, 0.25) is 0 Å². The van der Waals surface area contributed by atoms with Gasteiger partial charge < -0.3 is 0 Å². The van der Waals surface area contributed by atoms with Crippen molar-refractivity contribution < 1.29 is 119 Å². The largest absolute Gasteiger partial charge is 0.206 e. The Hall–Kier alpha value is -0.960. The predicted octanol–water partition coefficient (Wildman–Crippen LogP) is 34.5. The summed E-state index contributed by atoms with van der Waals surface area (Å²) in [5, 5.41) is 36.4. The lowest BCUT2D eigenvalue weighted by atomic mass is 10.1. The Morgan fingerprint density at radius 3 is 0.389 bits per heavy atom. The molecule has 0 rings (SSSR count). The normalized spacial score (nSPS) is 12.2. The zero-order valence-electron chi connectivity index (χ0n) is 87.4. The lowest BCUT2D eigenvalue weighted by Crippen LogP contribution is -2.12. The number of rotatable bonds is 97. The quantitative estimate of drug-likeness (QED) is 0.0314. The molecule has 0 aromatic heterocycles. The molecule has 0 saturated carbocycles. The maximum absolute atomic E-state index is 5.15. The molecule has 0 saturated heterocycles. The molecule has 0 radical (unpaired) electrons. The van der Waals surface area contributed by atoms with Gasteiger partial charge in [0, 0.05) is 0 Å². The van der Waals surface area contributed by atoms with Crippen molar-refractivity contribution >= 4 is 0 Å². The van der Waals surface area contributed by atoms with Crippen LogP contribution in [0, 0.1) is 0 Å². The molecule has 0 fully saturated rings. The molecule has 0 aromatic rings. The first-order valence-electron chi connectivity index (χ1n) is 53.5. The van der Waals surface area contributed by atoms with Crippen molar-refractivity contribution in [1.29, 1.82) is 0 Å². The Kier molecular flexibility index (Phi) is 161. The Labute approximate surface area is 780 Å². The molecule has 24 heteroatoms. The molecule has 0 aliphatic rings. The van der Waals surface area contributed by atoms with Crippen LogP contribution in [0.25, 0.3) is 0 Å². The maximum atomic E-state index is 5.15. The first-order valence-corrected chi connectivity index (χ1v) is 53.5. The summed E-state index contributed by atoms with van der Waals surface area (Å²) < 4.78 is 0. The van der Waals surface area contributed by atoms with Gasteiger partial charge in [0.25, 0.3) is 0 Å². The van der Waals surface area contributed by atoms with Crippen molar-refractivity contribution in [2.75, 3.05) is 72.7 Å². The maximum Gasteiger partial charge on any atom is 0.0958 e.